The average molecular weight is 496 g/mol. The fraction of sp³-hybridized carbons (Fsp3) is 0.360. The van der Waals surface area contributed by atoms with Crippen molar-refractivity contribution in [3.63, 3.8) is 0 Å². The summed E-state index contributed by atoms with van der Waals surface area (Å²) in [5.41, 5.74) is 1.33. The molecule has 2 aromatic carbocycles. The van der Waals surface area contributed by atoms with E-state index in [4.69, 9.17) is 14.2 Å². The smallest absolute Gasteiger partial charge is 0.251 e. The molecule has 4 bridgehead atoms. The number of likely N-dealkylation sites (tertiary alicyclic amines) is 1. The number of benzene rings is 2. The summed E-state index contributed by atoms with van der Waals surface area (Å²) < 4.78 is 33.0. The molecular weight excluding hydrogens is 469 g/mol. The largest absolute Gasteiger partial charge is 0.493 e. The SMILES string of the molecule is COc1ccc2cc1OCCn1cc(nn1)CO[C@H]1CN(C(=O)Cc3ccccc3F)C[C@@H]1NC2=O. The van der Waals surface area contributed by atoms with Crippen LogP contribution < -0.4 is 14.8 Å². The van der Waals surface area contributed by atoms with Crippen LogP contribution in [0.15, 0.2) is 48.7 Å². The lowest BCUT2D eigenvalue weighted by atomic mass is 10.1. The second kappa shape index (κ2) is 10.3. The van der Waals surface area contributed by atoms with Crippen LogP contribution in [0.5, 0.6) is 11.5 Å². The van der Waals surface area contributed by atoms with Crippen molar-refractivity contribution in [2.45, 2.75) is 31.7 Å². The summed E-state index contributed by atoms with van der Waals surface area (Å²) in [6.45, 7) is 1.39. The normalized spacial score (nSPS) is 19.9. The number of nitrogens with one attached hydrogen (secondary N) is 1. The standard InChI is InChI=1S/C25H26FN5O5/c1-34-21-7-6-17-10-22(21)35-9-8-31-12-18(28-29-31)15-36-23-14-30(13-20(23)27-25(17)33)24(32)11-16-4-2-3-5-19(16)26/h2-7,10,12,20,23H,8-9,11,13-15H2,1H3,(H,27,33)/t20-,23-/m0/s1. The first-order valence-electron chi connectivity index (χ1n) is 11.6. The third kappa shape index (κ3) is 5.15. The van der Waals surface area contributed by atoms with Crippen LogP contribution in [0.1, 0.15) is 21.6 Å². The van der Waals surface area contributed by atoms with Gasteiger partial charge in [-0.25, -0.2) is 9.07 Å². The lowest BCUT2D eigenvalue weighted by Gasteiger charge is -2.20. The number of aromatic nitrogens is 3. The van der Waals surface area contributed by atoms with E-state index >= 15 is 0 Å². The first-order valence-corrected chi connectivity index (χ1v) is 11.6. The minimum atomic E-state index is -0.484. The van der Waals surface area contributed by atoms with Gasteiger partial charge in [-0.15, -0.1) is 5.10 Å². The summed E-state index contributed by atoms with van der Waals surface area (Å²) in [6, 6.07) is 10.7. The minimum Gasteiger partial charge on any atom is -0.493 e. The van der Waals surface area contributed by atoms with Gasteiger partial charge in [-0.2, -0.15) is 0 Å². The van der Waals surface area contributed by atoms with Crippen molar-refractivity contribution in [1.29, 1.82) is 0 Å². The monoisotopic (exact) mass is 495 g/mol. The van der Waals surface area contributed by atoms with Gasteiger partial charge in [0.05, 0.1) is 45.0 Å². The Balaban J connectivity index is 1.38. The van der Waals surface area contributed by atoms with Gasteiger partial charge in [0.1, 0.15) is 18.1 Å². The van der Waals surface area contributed by atoms with Gasteiger partial charge < -0.3 is 24.4 Å². The van der Waals surface area contributed by atoms with Gasteiger partial charge in [-0.05, 0) is 29.8 Å². The third-order valence-corrected chi connectivity index (χ3v) is 6.27. The van der Waals surface area contributed by atoms with Crippen LogP contribution in [0, 0.1) is 5.82 Å². The molecule has 2 atom stereocenters. The van der Waals surface area contributed by atoms with Crippen LogP contribution in [0.2, 0.25) is 0 Å². The average Bonchev–Trinajstić information content (AvgIpc) is 3.50. The second-order valence-corrected chi connectivity index (χ2v) is 8.68. The number of hydrogen-bond acceptors (Lipinski definition) is 7. The van der Waals surface area contributed by atoms with Crippen molar-refractivity contribution < 1.29 is 28.2 Å². The molecule has 0 spiro atoms. The molecular formula is C25H26FN5O5. The maximum atomic E-state index is 14.1. The second-order valence-electron chi connectivity index (χ2n) is 8.68. The molecule has 2 aliphatic heterocycles. The summed E-state index contributed by atoms with van der Waals surface area (Å²) in [5, 5.41) is 11.2. The molecule has 3 aromatic rings. The number of carbonyl (C=O) groups is 2. The highest BCUT2D eigenvalue weighted by Gasteiger charge is 2.37. The summed E-state index contributed by atoms with van der Waals surface area (Å²) in [4.78, 5) is 27.7. The van der Waals surface area contributed by atoms with Gasteiger partial charge in [-0.3, -0.25) is 9.59 Å². The number of halogens is 1. The molecule has 3 heterocycles. The molecule has 0 aliphatic carbocycles. The minimum absolute atomic E-state index is 0.0758. The molecule has 2 amide bonds. The Morgan fingerprint density at radius 1 is 1.25 bits per heavy atom. The molecule has 0 saturated carbocycles. The van der Waals surface area contributed by atoms with Crippen molar-refractivity contribution in [1.82, 2.24) is 25.2 Å². The van der Waals surface area contributed by atoms with Crippen LogP contribution in [0.25, 0.3) is 0 Å². The summed E-state index contributed by atoms with van der Waals surface area (Å²) in [7, 11) is 1.53. The van der Waals surface area contributed by atoms with E-state index in [-0.39, 0.29) is 37.9 Å². The molecule has 5 rings (SSSR count). The Bertz CT molecular complexity index is 1270. The van der Waals surface area contributed by atoms with E-state index < -0.39 is 18.0 Å². The number of hydrogen-bond donors (Lipinski definition) is 1. The zero-order valence-corrected chi connectivity index (χ0v) is 19.7. The van der Waals surface area contributed by atoms with Crippen molar-refractivity contribution in [2.75, 3.05) is 26.8 Å². The molecule has 1 N–H and O–H groups in total. The van der Waals surface area contributed by atoms with E-state index in [2.05, 4.69) is 15.6 Å². The molecule has 1 aromatic heterocycles. The number of methoxy groups -OCH3 is 1. The van der Waals surface area contributed by atoms with Crippen molar-refractivity contribution in [3.05, 3.63) is 71.3 Å². The Kier molecular flexibility index (Phi) is 6.81. The molecule has 0 unspecified atom stereocenters. The quantitative estimate of drug-likeness (QED) is 0.588. The predicted octanol–water partition coefficient (Wildman–Crippen LogP) is 1.59. The van der Waals surface area contributed by atoms with Crippen molar-refractivity contribution in [3.8, 4) is 11.5 Å². The van der Waals surface area contributed by atoms with Gasteiger partial charge >= 0.3 is 0 Å². The summed E-state index contributed by atoms with van der Waals surface area (Å²) in [6.07, 6.45) is 1.20. The van der Waals surface area contributed by atoms with E-state index in [0.717, 1.165) is 0 Å². The van der Waals surface area contributed by atoms with Crippen LogP contribution in [0.4, 0.5) is 4.39 Å². The Hall–Kier alpha value is -3.99. The van der Waals surface area contributed by atoms with Gasteiger partial charge in [0.25, 0.3) is 5.91 Å². The number of nitrogens with zero attached hydrogens (tertiary/aromatic N) is 4. The Morgan fingerprint density at radius 2 is 2.11 bits per heavy atom. The van der Waals surface area contributed by atoms with E-state index in [1.165, 1.54) is 13.2 Å². The zero-order valence-electron chi connectivity index (χ0n) is 19.7. The first-order chi connectivity index (χ1) is 17.5. The number of ether oxygens (including phenoxy) is 3. The molecule has 1 saturated heterocycles. The lowest BCUT2D eigenvalue weighted by Crippen LogP contribution is -2.44. The Labute approximate surface area is 206 Å². The van der Waals surface area contributed by atoms with E-state index in [9.17, 15) is 14.0 Å². The molecule has 2 aliphatic rings. The van der Waals surface area contributed by atoms with Crippen LogP contribution >= 0.6 is 0 Å². The van der Waals surface area contributed by atoms with Gasteiger partial charge in [0.2, 0.25) is 5.91 Å². The summed E-state index contributed by atoms with van der Waals surface area (Å²) in [5.74, 6) is -0.0670. The number of carbonyl (C=O) groups excluding carboxylic acids is 2. The van der Waals surface area contributed by atoms with Crippen LogP contribution in [0.3, 0.4) is 0 Å². The van der Waals surface area contributed by atoms with Crippen LogP contribution in [-0.4, -0.2) is 70.7 Å². The van der Waals surface area contributed by atoms with Crippen LogP contribution in [-0.2, 0) is 29.1 Å². The van der Waals surface area contributed by atoms with E-state index in [1.54, 1.807) is 52.2 Å². The number of amides is 2. The van der Waals surface area contributed by atoms with E-state index in [1.807, 2.05) is 0 Å². The van der Waals surface area contributed by atoms with Gasteiger partial charge in [0, 0.05) is 18.7 Å². The highest BCUT2D eigenvalue weighted by molar-refractivity contribution is 5.95. The topological polar surface area (TPSA) is 108 Å². The number of rotatable bonds is 3. The molecule has 0 radical (unpaired) electrons. The van der Waals surface area contributed by atoms with Crippen molar-refractivity contribution in [2.24, 2.45) is 0 Å². The molecule has 10 nitrogen and oxygen atoms in total. The van der Waals surface area contributed by atoms with Gasteiger partial charge in [-0.1, -0.05) is 23.4 Å². The predicted molar refractivity (Wildman–Crippen MR) is 125 cm³/mol. The molecule has 188 valence electrons. The zero-order chi connectivity index (χ0) is 25.1. The third-order valence-electron chi connectivity index (χ3n) is 6.27. The summed E-state index contributed by atoms with van der Waals surface area (Å²) >= 11 is 0. The van der Waals surface area contributed by atoms with Gasteiger partial charge in [0.15, 0.2) is 11.5 Å². The van der Waals surface area contributed by atoms with Crippen molar-refractivity contribution >= 4 is 11.8 Å². The maximum absolute atomic E-state index is 14.1. The molecule has 36 heavy (non-hydrogen) atoms. The molecule has 1 fully saturated rings. The highest BCUT2D eigenvalue weighted by atomic mass is 19.1. The fourth-order valence-electron chi connectivity index (χ4n) is 4.34. The van der Waals surface area contributed by atoms with E-state index in [0.29, 0.717) is 41.5 Å². The molecule has 11 heteroatoms. The highest BCUT2D eigenvalue weighted by Crippen LogP contribution is 2.28. The Morgan fingerprint density at radius 3 is 2.94 bits per heavy atom. The fourth-order valence-corrected chi connectivity index (χ4v) is 4.34. The first kappa shape index (κ1) is 23.7. The lowest BCUT2D eigenvalue weighted by molar-refractivity contribution is -0.130. The maximum Gasteiger partial charge on any atom is 0.251 e. The number of fused-ring (bicyclic) bond motifs is 5.